The van der Waals surface area contributed by atoms with Gasteiger partial charge in [0, 0.05) is 6.54 Å². The molecule has 0 unspecified atom stereocenters. The van der Waals surface area contributed by atoms with Crippen molar-refractivity contribution in [3.05, 3.63) is 64.7 Å². The number of rotatable bonds is 8. The fourth-order valence-electron chi connectivity index (χ4n) is 2.31. The van der Waals surface area contributed by atoms with Gasteiger partial charge in [0.25, 0.3) is 0 Å². The quantitative estimate of drug-likeness (QED) is 0.732. The highest BCUT2D eigenvalue weighted by molar-refractivity contribution is 5.87. The molecule has 0 aliphatic rings. The molecule has 0 aliphatic heterocycles. The molecule has 0 saturated heterocycles. The van der Waals surface area contributed by atoms with Crippen LogP contribution in [0.2, 0.25) is 0 Å². The molecule has 0 atom stereocenters. The lowest BCUT2D eigenvalue weighted by molar-refractivity contribution is 0.0696. The van der Waals surface area contributed by atoms with Crippen molar-refractivity contribution in [3.8, 4) is 5.75 Å². The van der Waals surface area contributed by atoms with E-state index in [1.807, 2.05) is 18.2 Å². The van der Waals surface area contributed by atoms with Crippen LogP contribution in [0.4, 0.5) is 0 Å². The van der Waals surface area contributed by atoms with E-state index in [4.69, 9.17) is 9.84 Å². The first-order chi connectivity index (χ1) is 11.1. The summed E-state index contributed by atoms with van der Waals surface area (Å²) in [7, 11) is 0. The van der Waals surface area contributed by atoms with Gasteiger partial charge in [-0.1, -0.05) is 24.3 Å². The number of hydrogen-bond acceptors (Lipinski definition) is 3. The van der Waals surface area contributed by atoms with Crippen LogP contribution in [-0.4, -0.2) is 24.2 Å². The first-order valence-corrected chi connectivity index (χ1v) is 7.80. The molecule has 0 heterocycles. The number of aryl methyl sites for hydroxylation is 1. The summed E-state index contributed by atoms with van der Waals surface area (Å²) < 4.78 is 5.80. The number of carboxylic acids is 1. The maximum absolute atomic E-state index is 10.9. The summed E-state index contributed by atoms with van der Waals surface area (Å²) in [4.78, 5) is 10.9. The van der Waals surface area contributed by atoms with Crippen LogP contribution in [0.1, 0.15) is 33.5 Å². The Hall–Kier alpha value is -2.33. The Morgan fingerprint density at radius 3 is 2.74 bits per heavy atom. The highest BCUT2D eigenvalue weighted by atomic mass is 16.5. The van der Waals surface area contributed by atoms with Crippen LogP contribution in [0.15, 0.2) is 42.5 Å². The van der Waals surface area contributed by atoms with Crippen LogP contribution in [0.5, 0.6) is 5.75 Å². The number of hydrogen-bond donors (Lipinski definition) is 2. The Morgan fingerprint density at radius 2 is 1.96 bits per heavy atom. The normalized spacial score (nSPS) is 10.5. The molecular formula is C19H23NO3. The maximum atomic E-state index is 10.9. The van der Waals surface area contributed by atoms with Crippen LogP contribution in [0.3, 0.4) is 0 Å². The molecule has 4 nitrogen and oxygen atoms in total. The average molecular weight is 313 g/mol. The van der Waals surface area contributed by atoms with Gasteiger partial charge in [-0.3, -0.25) is 0 Å². The van der Waals surface area contributed by atoms with Crippen LogP contribution in [-0.2, 0) is 6.54 Å². The highest BCUT2D eigenvalue weighted by Gasteiger charge is 2.03. The van der Waals surface area contributed by atoms with E-state index in [2.05, 4.69) is 25.2 Å². The van der Waals surface area contributed by atoms with E-state index in [1.165, 1.54) is 11.1 Å². The number of ether oxygens (including phenoxy) is 1. The van der Waals surface area contributed by atoms with Crippen molar-refractivity contribution in [3.63, 3.8) is 0 Å². The number of aromatic carboxylic acids is 1. The Labute approximate surface area is 137 Å². The van der Waals surface area contributed by atoms with E-state index >= 15 is 0 Å². The molecule has 0 amide bonds. The van der Waals surface area contributed by atoms with E-state index < -0.39 is 5.97 Å². The summed E-state index contributed by atoms with van der Waals surface area (Å²) in [6.45, 7) is 6.28. The molecule has 0 radical (unpaired) electrons. The molecule has 0 saturated carbocycles. The zero-order valence-electron chi connectivity index (χ0n) is 13.6. The molecule has 4 heteroatoms. The van der Waals surface area contributed by atoms with Gasteiger partial charge in [-0.2, -0.15) is 0 Å². The lowest BCUT2D eigenvalue weighted by Crippen LogP contribution is -2.17. The number of nitrogens with one attached hydrogen (secondary N) is 1. The van der Waals surface area contributed by atoms with Gasteiger partial charge in [0.1, 0.15) is 5.75 Å². The first kappa shape index (κ1) is 17.0. The molecule has 0 spiro atoms. The molecule has 122 valence electrons. The molecule has 0 bridgehead atoms. The van der Waals surface area contributed by atoms with Crippen LogP contribution < -0.4 is 10.1 Å². The summed E-state index contributed by atoms with van der Waals surface area (Å²) in [5, 5.41) is 12.3. The van der Waals surface area contributed by atoms with Gasteiger partial charge in [0.15, 0.2) is 0 Å². The number of benzene rings is 2. The molecule has 2 aromatic carbocycles. The van der Waals surface area contributed by atoms with Crippen LogP contribution >= 0.6 is 0 Å². The highest BCUT2D eigenvalue weighted by Crippen LogP contribution is 2.20. The minimum Gasteiger partial charge on any atom is -0.493 e. The van der Waals surface area contributed by atoms with Gasteiger partial charge in [-0.05, 0) is 61.7 Å². The Morgan fingerprint density at radius 1 is 1.17 bits per heavy atom. The zero-order chi connectivity index (χ0) is 16.7. The number of carbonyl (C=O) groups is 1. The summed E-state index contributed by atoms with van der Waals surface area (Å²) in [6, 6.07) is 13.1. The van der Waals surface area contributed by atoms with Crippen LogP contribution in [0, 0.1) is 13.8 Å². The smallest absolute Gasteiger partial charge is 0.335 e. The fourth-order valence-corrected chi connectivity index (χ4v) is 2.31. The summed E-state index contributed by atoms with van der Waals surface area (Å²) >= 11 is 0. The second kappa shape index (κ2) is 8.34. The summed E-state index contributed by atoms with van der Waals surface area (Å²) in [5.41, 5.74) is 3.72. The van der Waals surface area contributed by atoms with Crippen molar-refractivity contribution in [1.82, 2.24) is 5.32 Å². The zero-order valence-corrected chi connectivity index (χ0v) is 13.6. The monoisotopic (exact) mass is 313 g/mol. The van der Waals surface area contributed by atoms with Crippen molar-refractivity contribution in [1.29, 1.82) is 0 Å². The topological polar surface area (TPSA) is 58.6 Å². The lowest BCUT2D eigenvalue weighted by Gasteiger charge is -2.11. The standard InChI is InChI=1S/C19H23NO3/c1-14-6-3-9-18(15(14)2)23-11-5-10-20-13-16-7-4-8-17(12-16)19(21)22/h3-4,6-9,12,20H,5,10-11,13H2,1-2H3,(H,21,22). The lowest BCUT2D eigenvalue weighted by atomic mass is 10.1. The predicted octanol–water partition coefficient (Wildman–Crippen LogP) is 3.56. The van der Waals surface area contributed by atoms with Gasteiger partial charge in [0.05, 0.1) is 12.2 Å². The van der Waals surface area contributed by atoms with Crippen molar-refractivity contribution < 1.29 is 14.6 Å². The molecule has 23 heavy (non-hydrogen) atoms. The van der Waals surface area contributed by atoms with Gasteiger partial charge < -0.3 is 15.2 Å². The number of carboxylic acid groups (broad SMARTS) is 1. The molecule has 2 aromatic rings. The van der Waals surface area contributed by atoms with Gasteiger partial charge in [-0.25, -0.2) is 4.79 Å². The van der Waals surface area contributed by atoms with E-state index in [9.17, 15) is 4.79 Å². The largest absolute Gasteiger partial charge is 0.493 e. The third kappa shape index (κ3) is 5.11. The predicted molar refractivity (Wildman–Crippen MR) is 91.1 cm³/mol. The SMILES string of the molecule is Cc1cccc(OCCCNCc2cccc(C(=O)O)c2)c1C. The molecule has 2 rings (SSSR count). The van der Waals surface area contributed by atoms with Crippen molar-refractivity contribution in [2.75, 3.05) is 13.2 Å². The third-order valence-electron chi connectivity index (χ3n) is 3.81. The third-order valence-corrected chi connectivity index (χ3v) is 3.81. The second-order valence-corrected chi connectivity index (χ2v) is 5.58. The first-order valence-electron chi connectivity index (χ1n) is 7.80. The van der Waals surface area contributed by atoms with Gasteiger partial charge >= 0.3 is 5.97 Å². The maximum Gasteiger partial charge on any atom is 0.335 e. The average Bonchev–Trinajstić information content (AvgIpc) is 2.54. The van der Waals surface area contributed by atoms with Gasteiger partial charge in [0.2, 0.25) is 0 Å². The fraction of sp³-hybridized carbons (Fsp3) is 0.316. The van der Waals surface area contributed by atoms with E-state index in [0.29, 0.717) is 18.7 Å². The minimum atomic E-state index is -0.895. The second-order valence-electron chi connectivity index (χ2n) is 5.58. The van der Waals surface area contributed by atoms with Gasteiger partial charge in [-0.15, -0.1) is 0 Å². The molecule has 0 fully saturated rings. The molecule has 0 aromatic heterocycles. The summed E-state index contributed by atoms with van der Waals surface area (Å²) in [5.74, 6) is 0.0490. The summed E-state index contributed by atoms with van der Waals surface area (Å²) in [6.07, 6.45) is 0.895. The van der Waals surface area contributed by atoms with E-state index in [0.717, 1.165) is 24.3 Å². The van der Waals surface area contributed by atoms with Crippen molar-refractivity contribution in [2.45, 2.75) is 26.8 Å². The Bertz CT molecular complexity index is 667. The molecular weight excluding hydrogens is 290 g/mol. The molecule has 2 N–H and O–H groups in total. The van der Waals surface area contributed by atoms with Crippen LogP contribution in [0.25, 0.3) is 0 Å². The molecule has 0 aliphatic carbocycles. The Balaban J connectivity index is 1.69. The van der Waals surface area contributed by atoms with Crippen molar-refractivity contribution >= 4 is 5.97 Å². The van der Waals surface area contributed by atoms with E-state index in [-0.39, 0.29) is 0 Å². The minimum absolute atomic E-state index is 0.322. The Kier molecular flexibility index (Phi) is 6.18. The van der Waals surface area contributed by atoms with E-state index in [1.54, 1.807) is 18.2 Å². The van der Waals surface area contributed by atoms with Crippen molar-refractivity contribution in [2.24, 2.45) is 0 Å².